The number of nitrogens with zero attached hydrogens (tertiary/aromatic N) is 2. The Morgan fingerprint density at radius 2 is 2.25 bits per heavy atom. The first kappa shape index (κ1) is 16.4. The van der Waals surface area contributed by atoms with Crippen LogP contribution in [0.25, 0.3) is 0 Å². The van der Waals surface area contributed by atoms with Crippen molar-refractivity contribution in [3.05, 3.63) is 23.9 Å². The molecule has 6 heteroatoms. The summed E-state index contributed by atoms with van der Waals surface area (Å²) < 4.78 is 4.92. The lowest BCUT2D eigenvalue weighted by Gasteiger charge is -2.23. The van der Waals surface area contributed by atoms with Crippen molar-refractivity contribution in [2.24, 2.45) is 0 Å². The third-order valence-corrected chi connectivity index (χ3v) is 2.94. The lowest BCUT2D eigenvalue weighted by Crippen LogP contribution is -2.41. The fourth-order valence-corrected chi connectivity index (χ4v) is 1.59. The van der Waals surface area contributed by atoms with Gasteiger partial charge < -0.3 is 20.1 Å². The molecule has 0 aromatic carbocycles. The smallest absolute Gasteiger partial charge is 0.251 e. The van der Waals surface area contributed by atoms with Gasteiger partial charge in [-0.1, -0.05) is 0 Å². The van der Waals surface area contributed by atoms with Crippen LogP contribution in [0, 0.1) is 0 Å². The van der Waals surface area contributed by atoms with Crippen molar-refractivity contribution in [1.82, 2.24) is 10.3 Å². The summed E-state index contributed by atoms with van der Waals surface area (Å²) in [6, 6.07) is 3.35. The number of carbonyl (C=O) groups excluding carboxylic acids is 1. The molecule has 0 saturated carbocycles. The largest absolute Gasteiger partial charge is 0.388 e. The molecule has 0 saturated heterocycles. The van der Waals surface area contributed by atoms with E-state index in [1.54, 1.807) is 32.4 Å². The van der Waals surface area contributed by atoms with Gasteiger partial charge in [0, 0.05) is 52.5 Å². The summed E-state index contributed by atoms with van der Waals surface area (Å²) >= 11 is 0. The van der Waals surface area contributed by atoms with E-state index in [4.69, 9.17) is 4.74 Å². The lowest BCUT2D eigenvalue weighted by atomic mass is 10.0. The maximum Gasteiger partial charge on any atom is 0.251 e. The monoisotopic (exact) mass is 281 g/mol. The van der Waals surface area contributed by atoms with E-state index in [9.17, 15) is 9.90 Å². The van der Waals surface area contributed by atoms with Crippen LogP contribution in [0.5, 0.6) is 0 Å². The first-order valence-electron chi connectivity index (χ1n) is 6.48. The van der Waals surface area contributed by atoms with Gasteiger partial charge in [-0.25, -0.2) is 4.98 Å². The average Bonchev–Trinajstić information content (AvgIpc) is 2.43. The highest BCUT2D eigenvalue weighted by molar-refractivity contribution is 5.94. The standard InChI is InChI=1S/C14H23N3O3/c1-14(19,6-8-20-4)10-16-13(18)11-5-7-15-12(9-11)17(2)3/h5,7,9,19H,6,8,10H2,1-4H3,(H,16,18). The number of methoxy groups -OCH3 is 1. The van der Waals surface area contributed by atoms with Gasteiger partial charge in [0.05, 0.1) is 5.60 Å². The number of anilines is 1. The summed E-state index contributed by atoms with van der Waals surface area (Å²) in [7, 11) is 5.30. The van der Waals surface area contributed by atoms with Crippen LogP contribution in [0.4, 0.5) is 5.82 Å². The summed E-state index contributed by atoms with van der Waals surface area (Å²) in [5, 5.41) is 12.8. The van der Waals surface area contributed by atoms with E-state index in [2.05, 4.69) is 10.3 Å². The molecule has 20 heavy (non-hydrogen) atoms. The minimum atomic E-state index is -0.983. The third kappa shape index (κ3) is 5.14. The number of aromatic nitrogens is 1. The number of rotatable bonds is 7. The number of pyridine rings is 1. The van der Waals surface area contributed by atoms with E-state index >= 15 is 0 Å². The van der Waals surface area contributed by atoms with Crippen molar-refractivity contribution in [1.29, 1.82) is 0 Å². The van der Waals surface area contributed by atoms with Crippen molar-refractivity contribution >= 4 is 11.7 Å². The Labute approximate surface area is 119 Å². The molecule has 1 aromatic rings. The number of carbonyl (C=O) groups is 1. The van der Waals surface area contributed by atoms with Crippen LogP contribution >= 0.6 is 0 Å². The molecule has 0 fully saturated rings. The molecule has 0 radical (unpaired) electrons. The molecule has 1 amide bonds. The summed E-state index contributed by atoms with van der Waals surface area (Å²) in [6.45, 7) is 2.29. The van der Waals surface area contributed by atoms with Crippen LogP contribution in [-0.2, 0) is 4.74 Å². The van der Waals surface area contributed by atoms with Crippen LogP contribution in [-0.4, -0.2) is 56.0 Å². The van der Waals surface area contributed by atoms with E-state index in [1.165, 1.54) is 0 Å². The Bertz CT molecular complexity index is 447. The minimum Gasteiger partial charge on any atom is -0.388 e. The maximum absolute atomic E-state index is 12.0. The Hall–Kier alpha value is -1.66. The predicted molar refractivity (Wildman–Crippen MR) is 78.0 cm³/mol. The summed E-state index contributed by atoms with van der Waals surface area (Å²) in [4.78, 5) is 18.0. The zero-order valence-corrected chi connectivity index (χ0v) is 12.5. The molecule has 1 aromatic heterocycles. The summed E-state index contributed by atoms with van der Waals surface area (Å²) in [5.74, 6) is 0.483. The van der Waals surface area contributed by atoms with Crippen molar-refractivity contribution in [3.8, 4) is 0 Å². The summed E-state index contributed by atoms with van der Waals surface area (Å²) in [6.07, 6.45) is 2.05. The number of nitrogens with one attached hydrogen (secondary N) is 1. The molecule has 1 rings (SSSR count). The number of hydrogen-bond acceptors (Lipinski definition) is 5. The van der Waals surface area contributed by atoms with Gasteiger partial charge >= 0.3 is 0 Å². The lowest BCUT2D eigenvalue weighted by molar-refractivity contribution is 0.0243. The molecule has 0 aliphatic carbocycles. The van der Waals surface area contributed by atoms with Gasteiger partial charge in [-0.05, 0) is 19.1 Å². The predicted octanol–water partition coefficient (Wildman–Crippen LogP) is 0.665. The quantitative estimate of drug-likeness (QED) is 0.768. The van der Waals surface area contributed by atoms with Gasteiger partial charge in [0.1, 0.15) is 5.82 Å². The van der Waals surface area contributed by atoms with Gasteiger partial charge in [0.15, 0.2) is 0 Å². The van der Waals surface area contributed by atoms with Crippen molar-refractivity contribution in [2.75, 3.05) is 39.3 Å². The number of ether oxygens (including phenoxy) is 1. The normalized spacial score (nSPS) is 13.7. The van der Waals surface area contributed by atoms with Gasteiger partial charge in [-0.2, -0.15) is 0 Å². The highest BCUT2D eigenvalue weighted by Gasteiger charge is 2.21. The Morgan fingerprint density at radius 1 is 1.55 bits per heavy atom. The van der Waals surface area contributed by atoms with Gasteiger partial charge in [-0.15, -0.1) is 0 Å². The molecule has 0 aliphatic heterocycles. The number of amides is 1. The van der Waals surface area contributed by atoms with Gasteiger partial charge in [0.25, 0.3) is 5.91 Å². The van der Waals surface area contributed by atoms with E-state index in [-0.39, 0.29) is 12.5 Å². The van der Waals surface area contributed by atoms with Gasteiger partial charge in [0.2, 0.25) is 0 Å². The second-order valence-corrected chi connectivity index (χ2v) is 5.22. The van der Waals surface area contributed by atoms with E-state index in [1.807, 2.05) is 19.0 Å². The highest BCUT2D eigenvalue weighted by atomic mass is 16.5. The molecular formula is C14H23N3O3. The second-order valence-electron chi connectivity index (χ2n) is 5.22. The average molecular weight is 281 g/mol. The minimum absolute atomic E-state index is 0.175. The topological polar surface area (TPSA) is 74.7 Å². The molecule has 1 atom stereocenters. The molecule has 2 N–H and O–H groups in total. The van der Waals surface area contributed by atoms with Crippen LogP contribution in [0.15, 0.2) is 18.3 Å². The molecule has 0 bridgehead atoms. The van der Waals surface area contributed by atoms with Gasteiger partial charge in [-0.3, -0.25) is 4.79 Å². The van der Waals surface area contributed by atoms with Crippen molar-refractivity contribution < 1.29 is 14.6 Å². The first-order valence-corrected chi connectivity index (χ1v) is 6.48. The highest BCUT2D eigenvalue weighted by Crippen LogP contribution is 2.11. The van der Waals surface area contributed by atoms with E-state index in [0.29, 0.717) is 24.4 Å². The van der Waals surface area contributed by atoms with Crippen molar-refractivity contribution in [2.45, 2.75) is 18.9 Å². The molecule has 0 aliphatic rings. The van der Waals surface area contributed by atoms with Crippen LogP contribution in [0.1, 0.15) is 23.7 Å². The molecule has 6 nitrogen and oxygen atoms in total. The SMILES string of the molecule is COCCC(C)(O)CNC(=O)c1ccnc(N(C)C)c1. The molecule has 112 valence electrons. The van der Waals surface area contributed by atoms with Crippen LogP contribution in [0.2, 0.25) is 0 Å². The zero-order chi connectivity index (χ0) is 15.2. The zero-order valence-electron chi connectivity index (χ0n) is 12.5. The van der Waals surface area contributed by atoms with E-state index < -0.39 is 5.60 Å². The van der Waals surface area contributed by atoms with Crippen LogP contribution in [0.3, 0.4) is 0 Å². The molecule has 0 spiro atoms. The Balaban J connectivity index is 2.61. The van der Waals surface area contributed by atoms with E-state index in [0.717, 1.165) is 0 Å². The summed E-state index contributed by atoms with van der Waals surface area (Å²) in [5.41, 5.74) is -0.463. The Kier molecular flexibility index (Phi) is 5.91. The van der Waals surface area contributed by atoms with Crippen molar-refractivity contribution in [3.63, 3.8) is 0 Å². The maximum atomic E-state index is 12.0. The second kappa shape index (κ2) is 7.21. The number of aliphatic hydroxyl groups is 1. The fraction of sp³-hybridized carbons (Fsp3) is 0.571. The molecular weight excluding hydrogens is 258 g/mol. The van der Waals surface area contributed by atoms with Crippen LogP contribution < -0.4 is 10.2 Å². The Morgan fingerprint density at radius 3 is 2.85 bits per heavy atom. The molecule has 1 unspecified atom stereocenters. The first-order chi connectivity index (χ1) is 9.35. The third-order valence-electron chi connectivity index (χ3n) is 2.94. The fourth-order valence-electron chi connectivity index (χ4n) is 1.59. The molecule has 1 heterocycles. The number of hydrogen-bond donors (Lipinski definition) is 2.